The Kier molecular flexibility index (Phi) is 1.50. The van der Waals surface area contributed by atoms with Crippen molar-refractivity contribution in [2.24, 2.45) is 0 Å². The van der Waals surface area contributed by atoms with Gasteiger partial charge in [-0.3, -0.25) is 0 Å². The molecule has 0 radical (unpaired) electrons. The molecule has 0 aromatic heterocycles. The SMILES string of the molecule is C1=Cc2ccccc2[Se]N1. The van der Waals surface area contributed by atoms with E-state index in [1.54, 1.807) is 0 Å². The van der Waals surface area contributed by atoms with Gasteiger partial charge in [0.15, 0.2) is 0 Å². The van der Waals surface area contributed by atoms with Crippen LogP contribution < -0.4 is 8.79 Å². The molecule has 2 heteroatoms. The molecule has 1 aromatic carbocycles. The fourth-order valence-corrected chi connectivity index (χ4v) is 2.32. The van der Waals surface area contributed by atoms with Crippen LogP contribution in [0.15, 0.2) is 30.5 Å². The van der Waals surface area contributed by atoms with Crippen molar-refractivity contribution >= 4 is 25.7 Å². The minimum atomic E-state index is 0.450. The third kappa shape index (κ3) is 0.961. The number of hydrogen-bond donors (Lipinski definition) is 1. The number of hydrogen-bond acceptors (Lipinski definition) is 1. The molecular formula is C8H7NSe. The van der Waals surface area contributed by atoms with Gasteiger partial charge in [-0.1, -0.05) is 0 Å². The van der Waals surface area contributed by atoms with Gasteiger partial charge in [-0.05, 0) is 0 Å². The standard InChI is InChI=1S/C8H7NSe/c1-2-4-8-7(3-1)5-6-9-10-8/h1-6,9H. The Morgan fingerprint density at radius 1 is 1.20 bits per heavy atom. The van der Waals surface area contributed by atoms with Crippen molar-refractivity contribution in [1.29, 1.82) is 0 Å². The van der Waals surface area contributed by atoms with Crippen molar-refractivity contribution < 1.29 is 0 Å². The van der Waals surface area contributed by atoms with E-state index >= 15 is 0 Å². The van der Waals surface area contributed by atoms with E-state index in [2.05, 4.69) is 34.7 Å². The Hall–Kier alpha value is -0.721. The van der Waals surface area contributed by atoms with Gasteiger partial charge < -0.3 is 0 Å². The summed E-state index contributed by atoms with van der Waals surface area (Å²) < 4.78 is 4.66. The van der Waals surface area contributed by atoms with E-state index in [0.29, 0.717) is 15.2 Å². The van der Waals surface area contributed by atoms with Crippen LogP contribution in [0.25, 0.3) is 6.08 Å². The Morgan fingerprint density at radius 3 is 3.00 bits per heavy atom. The molecule has 10 heavy (non-hydrogen) atoms. The average Bonchev–Trinajstić information content (AvgIpc) is 2.05. The quantitative estimate of drug-likeness (QED) is 0.596. The normalized spacial score (nSPS) is 14.0. The molecule has 0 spiro atoms. The summed E-state index contributed by atoms with van der Waals surface area (Å²) in [5, 5.41) is 0. The second-order valence-electron chi connectivity index (χ2n) is 2.09. The number of benzene rings is 1. The third-order valence-corrected chi connectivity index (χ3v) is 3.19. The molecule has 1 nitrogen and oxygen atoms in total. The molecule has 1 aromatic rings. The van der Waals surface area contributed by atoms with E-state index in [-0.39, 0.29) is 0 Å². The zero-order chi connectivity index (χ0) is 6.81. The molecule has 0 saturated carbocycles. The first-order valence-electron chi connectivity index (χ1n) is 3.15. The van der Waals surface area contributed by atoms with Crippen LogP contribution in [0.4, 0.5) is 0 Å². The van der Waals surface area contributed by atoms with Crippen LogP contribution in [-0.2, 0) is 0 Å². The van der Waals surface area contributed by atoms with Crippen LogP contribution in [0.2, 0.25) is 0 Å². The van der Waals surface area contributed by atoms with Gasteiger partial charge in [0.1, 0.15) is 0 Å². The molecule has 0 saturated heterocycles. The predicted octanol–water partition coefficient (Wildman–Crippen LogP) is 0.505. The number of nitrogens with one attached hydrogen (secondary N) is 1. The van der Waals surface area contributed by atoms with E-state index in [0.717, 1.165) is 0 Å². The zero-order valence-electron chi connectivity index (χ0n) is 5.37. The third-order valence-electron chi connectivity index (χ3n) is 1.42. The Morgan fingerprint density at radius 2 is 2.10 bits per heavy atom. The first kappa shape index (κ1) is 6.02. The molecule has 1 heterocycles. The summed E-state index contributed by atoms with van der Waals surface area (Å²) in [4.78, 5) is 0. The summed E-state index contributed by atoms with van der Waals surface area (Å²) >= 11 is 0.450. The average molecular weight is 196 g/mol. The van der Waals surface area contributed by atoms with E-state index in [1.165, 1.54) is 10.0 Å². The number of fused-ring (bicyclic) bond motifs is 1. The van der Waals surface area contributed by atoms with Crippen molar-refractivity contribution in [2.45, 2.75) is 0 Å². The van der Waals surface area contributed by atoms with Gasteiger partial charge in [-0.15, -0.1) is 0 Å². The van der Waals surface area contributed by atoms with Gasteiger partial charge in [-0.25, -0.2) is 0 Å². The fraction of sp³-hybridized carbons (Fsp3) is 0. The molecule has 50 valence electrons. The first-order chi connectivity index (χ1) is 4.97. The van der Waals surface area contributed by atoms with Crippen molar-refractivity contribution in [1.82, 2.24) is 4.33 Å². The van der Waals surface area contributed by atoms with Gasteiger partial charge in [0, 0.05) is 0 Å². The Labute approximate surface area is 66.5 Å². The predicted molar refractivity (Wildman–Crippen MR) is 44.0 cm³/mol. The van der Waals surface area contributed by atoms with Gasteiger partial charge >= 0.3 is 66.1 Å². The van der Waals surface area contributed by atoms with Crippen LogP contribution in [0.3, 0.4) is 0 Å². The molecule has 1 aliphatic rings. The molecule has 1 N–H and O–H groups in total. The van der Waals surface area contributed by atoms with Gasteiger partial charge in [-0.2, -0.15) is 0 Å². The second kappa shape index (κ2) is 2.49. The molecule has 0 aliphatic carbocycles. The van der Waals surface area contributed by atoms with E-state index < -0.39 is 0 Å². The molecule has 1 aliphatic heterocycles. The van der Waals surface area contributed by atoms with Crippen LogP contribution >= 0.6 is 0 Å². The summed E-state index contributed by atoms with van der Waals surface area (Å²) in [5.74, 6) is 0. The van der Waals surface area contributed by atoms with Gasteiger partial charge in [0.05, 0.1) is 0 Å². The van der Waals surface area contributed by atoms with Crippen LogP contribution in [-0.4, -0.2) is 15.2 Å². The maximum atomic E-state index is 3.22. The van der Waals surface area contributed by atoms with Crippen molar-refractivity contribution in [3.05, 3.63) is 36.0 Å². The van der Waals surface area contributed by atoms with Crippen LogP contribution in [0.1, 0.15) is 5.56 Å². The molecule has 0 unspecified atom stereocenters. The monoisotopic (exact) mass is 197 g/mol. The Balaban J connectivity index is 2.54. The summed E-state index contributed by atoms with van der Waals surface area (Å²) in [6.45, 7) is 0. The number of rotatable bonds is 0. The van der Waals surface area contributed by atoms with Crippen LogP contribution in [0, 0.1) is 0 Å². The van der Waals surface area contributed by atoms with E-state index in [9.17, 15) is 0 Å². The van der Waals surface area contributed by atoms with Gasteiger partial charge in [0.2, 0.25) is 0 Å². The summed E-state index contributed by atoms with van der Waals surface area (Å²) in [7, 11) is 0. The molecular weight excluding hydrogens is 189 g/mol. The maximum absolute atomic E-state index is 3.22. The fourth-order valence-electron chi connectivity index (χ4n) is 0.932. The summed E-state index contributed by atoms with van der Waals surface area (Å²) in [5.41, 5.74) is 1.36. The van der Waals surface area contributed by atoms with E-state index in [1.807, 2.05) is 6.20 Å². The molecule has 0 bridgehead atoms. The zero-order valence-corrected chi connectivity index (χ0v) is 7.09. The molecule has 0 fully saturated rings. The van der Waals surface area contributed by atoms with Crippen molar-refractivity contribution in [3.8, 4) is 0 Å². The summed E-state index contributed by atoms with van der Waals surface area (Å²) in [6, 6.07) is 8.48. The van der Waals surface area contributed by atoms with E-state index in [4.69, 9.17) is 0 Å². The van der Waals surface area contributed by atoms with Crippen LogP contribution in [0.5, 0.6) is 0 Å². The topological polar surface area (TPSA) is 12.0 Å². The minimum absolute atomic E-state index is 0.450. The van der Waals surface area contributed by atoms with Crippen molar-refractivity contribution in [2.75, 3.05) is 0 Å². The van der Waals surface area contributed by atoms with Gasteiger partial charge in [0.25, 0.3) is 0 Å². The first-order valence-corrected chi connectivity index (χ1v) is 4.86. The Bertz CT molecular complexity index is 268. The van der Waals surface area contributed by atoms with Crippen molar-refractivity contribution in [3.63, 3.8) is 0 Å². The molecule has 0 atom stereocenters. The molecule has 2 rings (SSSR count). The second-order valence-corrected chi connectivity index (χ2v) is 3.94. The summed E-state index contributed by atoms with van der Waals surface area (Å²) in [6.07, 6.45) is 4.13. The molecule has 0 amide bonds.